The number of aromatic nitrogens is 3. The highest BCUT2D eigenvalue weighted by molar-refractivity contribution is 6.01. The van der Waals surface area contributed by atoms with Gasteiger partial charge in [0.25, 0.3) is 0 Å². The van der Waals surface area contributed by atoms with E-state index in [1.165, 1.54) is 19.2 Å². The molecule has 2 atom stereocenters. The minimum absolute atomic E-state index is 0.171. The van der Waals surface area contributed by atoms with Gasteiger partial charge in [0.15, 0.2) is 11.6 Å². The fourth-order valence-corrected chi connectivity index (χ4v) is 4.59. The van der Waals surface area contributed by atoms with Crippen molar-refractivity contribution in [2.45, 2.75) is 45.1 Å². The van der Waals surface area contributed by atoms with Gasteiger partial charge in [0.05, 0.1) is 42.4 Å². The zero-order chi connectivity index (χ0) is 26.2. The van der Waals surface area contributed by atoms with Gasteiger partial charge in [0.1, 0.15) is 18.5 Å². The first-order chi connectivity index (χ1) is 17.7. The summed E-state index contributed by atoms with van der Waals surface area (Å²) in [4.78, 5) is 24.0. The number of hydrogen-bond acceptors (Lipinski definition) is 10. The summed E-state index contributed by atoms with van der Waals surface area (Å²) in [5.74, 6) is 0.0247. The molecular weight excluding hydrogens is 479 g/mol. The predicted octanol–water partition coefficient (Wildman–Crippen LogP) is 3.29. The zero-order valence-electron chi connectivity index (χ0n) is 21.1. The van der Waals surface area contributed by atoms with Crippen LogP contribution in [0.2, 0.25) is 0 Å². The zero-order valence-corrected chi connectivity index (χ0v) is 21.1. The first-order valence-corrected chi connectivity index (χ1v) is 11.9. The van der Waals surface area contributed by atoms with Gasteiger partial charge in [-0.2, -0.15) is 0 Å². The smallest absolute Gasteiger partial charge is 0.220 e. The van der Waals surface area contributed by atoms with E-state index < -0.39 is 11.8 Å². The van der Waals surface area contributed by atoms with Crippen molar-refractivity contribution in [3.63, 3.8) is 0 Å². The van der Waals surface area contributed by atoms with Crippen LogP contribution in [-0.2, 0) is 20.7 Å². The number of anilines is 1. The van der Waals surface area contributed by atoms with Crippen molar-refractivity contribution in [2.24, 2.45) is 4.99 Å². The number of halogens is 1. The Kier molecular flexibility index (Phi) is 6.76. The lowest BCUT2D eigenvalue weighted by atomic mass is 9.91. The van der Waals surface area contributed by atoms with Gasteiger partial charge >= 0.3 is 0 Å². The summed E-state index contributed by atoms with van der Waals surface area (Å²) in [6.45, 7) is 6.22. The molecule has 0 saturated carbocycles. The highest BCUT2D eigenvalue weighted by atomic mass is 19.1. The maximum absolute atomic E-state index is 14.4. The molecule has 3 N–H and O–H groups in total. The molecule has 2 aliphatic heterocycles. The van der Waals surface area contributed by atoms with Crippen LogP contribution in [0.4, 0.5) is 10.3 Å². The van der Waals surface area contributed by atoms with Gasteiger partial charge in [-0.3, -0.25) is 9.83 Å². The molecule has 194 valence electrons. The second kappa shape index (κ2) is 10.0. The largest absolute Gasteiger partial charge is 0.481 e. The number of nitrogens with zero attached hydrogens (tertiary/aromatic N) is 4. The van der Waals surface area contributed by atoms with E-state index in [0.717, 1.165) is 11.1 Å². The number of benzene rings is 1. The van der Waals surface area contributed by atoms with Crippen LogP contribution in [0.25, 0.3) is 11.3 Å². The Bertz CT molecular complexity index is 1350. The Hall–Kier alpha value is -3.67. The molecule has 5 rings (SSSR count). The first-order valence-electron chi connectivity index (χ1n) is 11.9. The molecule has 0 bridgehead atoms. The van der Waals surface area contributed by atoms with Crippen molar-refractivity contribution in [1.29, 1.82) is 0 Å². The molecule has 1 fully saturated rings. The van der Waals surface area contributed by atoms with Crippen molar-refractivity contribution >= 4 is 11.8 Å². The minimum atomic E-state index is -0.650. The minimum Gasteiger partial charge on any atom is -0.481 e. The number of hydrogen-bond donors (Lipinski definition) is 2. The van der Waals surface area contributed by atoms with Crippen molar-refractivity contribution < 1.29 is 23.4 Å². The lowest BCUT2D eigenvalue weighted by molar-refractivity contribution is -0.146. The van der Waals surface area contributed by atoms with Gasteiger partial charge in [-0.15, -0.1) is 0 Å². The number of rotatable bonds is 6. The third kappa shape index (κ3) is 5.38. The molecule has 0 aliphatic carbocycles. The Labute approximate surface area is 214 Å². The van der Waals surface area contributed by atoms with Gasteiger partial charge in [-0.1, -0.05) is 12.1 Å². The number of aliphatic imine (C=N–C) groups is 1. The number of hydroxylamine groups is 1. The van der Waals surface area contributed by atoms with E-state index in [1.54, 1.807) is 18.2 Å². The third-order valence-corrected chi connectivity index (χ3v) is 6.18. The summed E-state index contributed by atoms with van der Waals surface area (Å²) in [7, 11) is 1.54. The second-order valence-corrected chi connectivity index (χ2v) is 9.35. The van der Waals surface area contributed by atoms with Gasteiger partial charge in [-0.25, -0.2) is 24.8 Å². The van der Waals surface area contributed by atoms with Gasteiger partial charge < -0.3 is 19.9 Å². The van der Waals surface area contributed by atoms with Crippen molar-refractivity contribution in [3.8, 4) is 17.1 Å². The average Bonchev–Trinajstić information content (AvgIpc) is 3.21. The van der Waals surface area contributed by atoms with E-state index in [1.807, 2.05) is 26.8 Å². The van der Waals surface area contributed by atoms with Crippen molar-refractivity contribution in [1.82, 2.24) is 20.4 Å². The molecule has 4 heterocycles. The number of nitrogens with two attached hydrogens (primary N) is 1. The Morgan fingerprint density at radius 3 is 2.78 bits per heavy atom. The van der Waals surface area contributed by atoms with Crippen molar-refractivity contribution in [3.05, 3.63) is 64.7 Å². The Morgan fingerprint density at radius 2 is 2.03 bits per heavy atom. The first kappa shape index (κ1) is 25.0. The SMILES string of the molecule is COc1cccc(-c2cc(F)ccc2C2Cc3nc(N)nc(C)c3C(NOC[C@H]3COC(C)(C)O3)=N2)n1. The number of nitrogen functional groups attached to an aromatic ring is 1. The van der Waals surface area contributed by atoms with Crippen LogP contribution in [0.3, 0.4) is 0 Å². The molecule has 1 saturated heterocycles. The lowest BCUT2D eigenvalue weighted by Crippen LogP contribution is -2.35. The van der Waals surface area contributed by atoms with Crippen LogP contribution in [0.1, 0.15) is 42.4 Å². The molecule has 0 spiro atoms. The number of amidine groups is 1. The molecule has 11 heteroatoms. The highest BCUT2D eigenvalue weighted by Crippen LogP contribution is 2.36. The van der Waals surface area contributed by atoms with Crippen molar-refractivity contribution in [2.75, 3.05) is 26.1 Å². The van der Waals surface area contributed by atoms with Crippen LogP contribution in [0.15, 0.2) is 41.4 Å². The monoisotopic (exact) mass is 508 g/mol. The summed E-state index contributed by atoms with van der Waals surface area (Å²) < 4.78 is 31.1. The molecule has 0 amide bonds. The van der Waals surface area contributed by atoms with Gasteiger partial charge in [0, 0.05) is 18.1 Å². The number of fused-ring (bicyclic) bond motifs is 1. The van der Waals surface area contributed by atoms with Crippen LogP contribution in [0.5, 0.6) is 5.88 Å². The topological polar surface area (TPSA) is 126 Å². The highest BCUT2D eigenvalue weighted by Gasteiger charge is 2.33. The molecule has 10 nitrogen and oxygen atoms in total. The molecule has 37 heavy (non-hydrogen) atoms. The fraction of sp³-hybridized carbons (Fsp3) is 0.385. The quantitative estimate of drug-likeness (QED) is 0.482. The van der Waals surface area contributed by atoms with E-state index in [9.17, 15) is 4.39 Å². The van der Waals surface area contributed by atoms with E-state index in [0.29, 0.717) is 47.4 Å². The molecule has 0 radical (unpaired) electrons. The summed E-state index contributed by atoms with van der Waals surface area (Å²) in [5, 5.41) is 0. The number of nitrogens with one attached hydrogen (secondary N) is 1. The predicted molar refractivity (Wildman–Crippen MR) is 134 cm³/mol. The Morgan fingerprint density at radius 1 is 1.19 bits per heavy atom. The number of methoxy groups -OCH3 is 1. The summed E-state index contributed by atoms with van der Waals surface area (Å²) >= 11 is 0. The standard InChI is InChI=1S/C26H29FN6O4/c1-14-23-21(32-25(28)29-14)11-20(31-24(23)33-36-13-16-12-35-26(2,3)37-16)17-9-8-15(27)10-18(17)19-6-5-7-22(30-19)34-4/h5-10,16,20H,11-13H2,1-4H3,(H,31,33)(H2,28,29,32)/t16-,20?/m1/s1. The normalized spacial score (nSPS) is 20.3. The number of aryl methyl sites for hydroxylation is 1. The molecule has 1 unspecified atom stereocenters. The number of ether oxygens (including phenoxy) is 3. The van der Waals surface area contributed by atoms with Crippen LogP contribution in [0, 0.1) is 12.7 Å². The molecule has 2 aromatic heterocycles. The van der Waals surface area contributed by atoms with Crippen LogP contribution >= 0.6 is 0 Å². The van der Waals surface area contributed by atoms with E-state index in [4.69, 9.17) is 29.8 Å². The maximum atomic E-state index is 14.4. The van der Waals surface area contributed by atoms with Gasteiger partial charge in [-0.05, 0) is 44.5 Å². The fourth-order valence-electron chi connectivity index (χ4n) is 4.59. The molecule has 2 aliphatic rings. The third-order valence-electron chi connectivity index (χ3n) is 6.18. The van der Waals surface area contributed by atoms with Gasteiger partial charge in [0.2, 0.25) is 11.8 Å². The Balaban J connectivity index is 1.49. The second-order valence-electron chi connectivity index (χ2n) is 9.35. The number of pyridine rings is 1. The maximum Gasteiger partial charge on any atom is 0.220 e. The van der Waals surface area contributed by atoms with E-state index >= 15 is 0 Å². The molecule has 1 aromatic carbocycles. The molecule has 3 aromatic rings. The van der Waals surface area contributed by atoms with Crippen LogP contribution < -0.4 is 16.0 Å². The van der Waals surface area contributed by atoms with Crippen LogP contribution in [-0.4, -0.2) is 53.0 Å². The average molecular weight is 509 g/mol. The summed E-state index contributed by atoms with van der Waals surface area (Å²) in [6, 6.07) is 9.51. The lowest BCUT2D eigenvalue weighted by Gasteiger charge is -2.26. The van der Waals surface area contributed by atoms with E-state index in [2.05, 4.69) is 20.4 Å². The molecular formula is C26H29FN6O4. The summed E-state index contributed by atoms with van der Waals surface area (Å²) in [5.41, 5.74) is 13.0. The van der Waals surface area contributed by atoms with E-state index in [-0.39, 0.29) is 24.5 Å². The summed E-state index contributed by atoms with van der Waals surface area (Å²) in [6.07, 6.45) is 0.207.